The maximum absolute atomic E-state index is 11.3. The van der Waals surface area contributed by atoms with E-state index < -0.39 is 12.1 Å². The smallest absolute Gasteiger partial charge is 0.412 e. The molecule has 1 aromatic carbocycles. The van der Waals surface area contributed by atoms with Crippen LogP contribution in [0.3, 0.4) is 0 Å². The van der Waals surface area contributed by atoms with Gasteiger partial charge in [-0.25, -0.2) is 9.59 Å². The van der Waals surface area contributed by atoms with E-state index >= 15 is 0 Å². The van der Waals surface area contributed by atoms with Crippen molar-refractivity contribution in [3.05, 3.63) is 36.4 Å². The number of carbonyl (C=O) groups is 2. The lowest BCUT2D eigenvalue weighted by atomic mass is 10.2. The molecule has 0 aliphatic rings. The third kappa shape index (κ3) is 3.51. The molecule has 0 saturated heterocycles. The normalized spacial score (nSPS) is 9.39. The van der Waals surface area contributed by atoms with Gasteiger partial charge in [0, 0.05) is 0 Å². The van der Waals surface area contributed by atoms with Gasteiger partial charge in [0.2, 0.25) is 0 Å². The van der Waals surface area contributed by atoms with E-state index in [0.29, 0.717) is 5.75 Å². The molecule has 0 heterocycles. The number of anilines is 1. The van der Waals surface area contributed by atoms with Gasteiger partial charge >= 0.3 is 12.1 Å². The van der Waals surface area contributed by atoms with Gasteiger partial charge in [-0.2, -0.15) is 0 Å². The number of nitrogens with one attached hydrogen (secondary N) is 1. The fourth-order valence-electron chi connectivity index (χ4n) is 1.22. The second-order valence-electron chi connectivity index (χ2n) is 3.23. The minimum absolute atomic E-state index is 0.0369. The Morgan fingerprint density at radius 1 is 1.50 bits per heavy atom. The van der Waals surface area contributed by atoms with E-state index in [1.165, 1.54) is 31.4 Å². The van der Waals surface area contributed by atoms with Crippen LogP contribution in [0.4, 0.5) is 10.5 Å². The SMILES string of the molecule is C=CCOC(=O)Nc1cc(C(=O)O)ccc1OC. The minimum Gasteiger partial charge on any atom is -0.495 e. The van der Waals surface area contributed by atoms with Crippen molar-refractivity contribution >= 4 is 17.7 Å². The number of rotatable bonds is 5. The van der Waals surface area contributed by atoms with Crippen molar-refractivity contribution in [2.45, 2.75) is 0 Å². The molecule has 0 atom stereocenters. The topological polar surface area (TPSA) is 84.9 Å². The van der Waals surface area contributed by atoms with Crippen LogP contribution in [-0.2, 0) is 4.74 Å². The Kier molecular flexibility index (Phi) is 4.74. The summed E-state index contributed by atoms with van der Waals surface area (Å²) in [4.78, 5) is 22.1. The Morgan fingerprint density at radius 2 is 2.22 bits per heavy atom. The molecule has 6 nitrogen and oxygen atoms in total. The number of benzene rings is 1. The Labute approximate surface area is 104 Å². The molecule has 18 heavy (non-hydrogen) atoms. The average molecular weight is 251 g/mol. The van der Waals surface area contributed by atoms with E-state index in [-0.39, 0.29) is 17.9 Å². The molecule has 0 aliphatic heterocycles. The summed E-state index contributed by atoms with van der Waals surface area (Å²) in [5.74, 6) is -0.754. The highest BCUT2D eigenvalue weighted by molar-refractivity contribution is 5.93. The number of carbonyl (C=O) groups excluding carboxylic acids is 1. The van der Waals surface area contributed by atoms with Crippen LogP contribution in [-0.4, -0.2) is 30.9 Å². The third-order valence-corrected chi connectivity index (χ3v) is 2.02. The molecule has 0 bridgehead atoms. The first-order chi connectivity index (χ1) is 8.58. The zero-order valence-corrected chi connectivity index (χ0v) is 9.80. The van der Waals surface area contributed by atoms with Crippen LogP contribution in [0.2, 0.25) is 0 Å². The van der Waals surface area contributed by atoms with Crippen molar-refractivity contribution in [1.29, 1.82) is 0 Å². The first kappa shape index (κ1) is 13.6. The summed E-state index contributed by atoms with van der Waals surface area (Å²) < 4.78 is 9.73. The number of aromatic carboxylic acids is 1. The van der Waals surface area contributed by atoms with Crippen LogP contribution in [0.25, 0.3) is 0 Å². The zero-order valence-electron chi connectivity index (χ0n) is 9.80. The largest absolute Gasteiger partial charge is 0.495 e. The van der Waals surface area contributed by atoms with Crippen molar-refractivity contribution in [3.63, 3.8) is 0 Å². The number of hydrogen-bond acceptors (Lipinski definition) is 4. The van der Waals surface area contributed by atoms with E-state index in [9.17, 15) is 9.59 Å². The van der Waals surface area contributed by atoms with Gasteiger partial charge in [0.15, 0.2) is 0 Å². The number of methoxy groups -OCH3 is 1. The quantitative estimate of drug-likeness (QED) is 0.783. The maximum atomic E-state index is 11.3. The number of hydrogen-bond donors (Lipinski definition) is 2. The van der Waals surface area contributed by atoms with Crippen LogP contribution in [0.1, 0.15) is 10.4 Å². The van der Waals surface area contributed by atoms with Gasteiger partial charge in [-0.1, -0.05) is 12.7 Å². The predicted octanol–water partition coefficient (Wildman–Crippen LogP) is 2.13. The van der Waals surface area contributed by atoms with Crippen LogP contribution >= 0.6 is 0 Å². The van der Waals surface area contributed by atoms with Gasteiger partial charge in [0.25, 0.3) is 0 Å². The molecule has 0 spiro atoms. The predicted molar refractivity (Wildman–Crippen MR) is 65.1 cm³/mol. The van der Waals surface area contributed by atoms with E-state index in [1.807, 2.05) is 0 Å². The average Bonchev–Trinajstić information content (AvgIpc) is 2.36. The number of amides is 1. The fourth-order valence-corrected chi connectivity index (χ4v) is 1.22. The molecule has 1 amide bonds. The molecule has 0 fully saturated rings. The molecule has 1 aromatic rings. The molecule has 0 radical (unpaired) electrons. The van der Waals surface area contributed by atoms with Crippen molar-refractivity contribution in [2.75, 3.05) is 19.0 Å². The third-order valence-electron chi connectivity index (χ3n) is 2.02. The van der Waals surface area contributed by atoms with E-state index in [4.69, 9.17) is 14.6 Å². The van der Waals surface area contributed by atoms with Crippen molar-refractivity contribution in [1.82, 2.24) is 0 Å². The fraction of sp³-hybridized carbons (Fsp3) is 0.167. The molecule has 0 aromatic heterocycles. The minimum atomic E-state index is -1.10. The van der Waals surface area contributed by atoms with Gasteiger partial charge < -0.3 is 14.6 Å². The Balaban J connectivity index is 2.90. The van der Waals surface area contributed by atoms with Crippen LogP contribution < -0.4 is 10.1 Å². The molecule has 0 unspecified atom stereocenters. The van der Waals surface area contributed by atoms with Gasteiger partial charge in [0.1, 0.15) is 12.4 Å². The molecule has 1 rings (SSSR count). The molecule has 0 saturated carbocycles. The molecule has 6 heteroatoms. The van der Waals surface area contributed by atoms with Crippen molar-refractivity contribution < 1.29 is 24.2 Å². The van der Waals surface area contributed by atoms with Crippen LogP contribution in [0.15, 0.2) is 30.9 Å². The molecule has 0 aliphatic carbocycles. The van der Waals surface area contributed by atoms with Crippen LogP contribution in [0, 0.1) is 0 Å². The standard InChI is InChI=1S/C12H13NO5/c1-3-6-18-12(16)13-9-7-8(11(14)15)4-5-10(9)17-2/h3-5,7H,1,6H2,2H3,(H,13,16)(H,14,15). The van der Waals surface area contributed by atoms with E-state index in [2.05, 4.69) is 11.9 Å². The lowest BCUT2D eigenvalue weighted by Gasteiger charge is -2.10. The molecular weight excluding hydrogens is 238 g/mol. The summed E-state index contributed by atoms with van der Waals surface area (Å²) in [6, 6.07) is 4.12. The van der Waals surface area contributed by atoms with Gasteiger partial charge in [-0.15, -0.1) is 0 Å². The van der Waals surface area contributed by atoms with Gasteiger partial charge in [0.05, 0.1) is 18.4 Å². The first-order valence-corrected chi connectivity index (χ1v) is 5.04. The second-order valence-corrected chi connectivity index (χ2v) is 3.23. The van der Waals surface area contributed by atoms with Crippen molar-refractivity contribution in [2.24, 2.45) is 0 Å². The highest BCUT2D eigenvalue weighted by Crippen LogP contribution is 2.25. The number of ether oxygens (including phenoxy) is 2. The van der Waals surface area contributed by atoms with Crippen LogP contribution in [0.5, 0.6) is 5.75 Å². The van der Waals surface area contributed by atoms with E-state index in [0.717, 1.165) is 0 Å². The first-order valence-electron chi connectivity index (χ1n) is 5.04. The lowest BCUT2D eigenvalue weighted by Crippen LogP contribution is -2.14. The molecule has 96 valence electrons. The zero-order chi connectivity index (χ0) is 13.5. The highest BCUT2D eigenvalue weighted by Gasteiger charge is 2.11. The Morgan fingerprint density at radius 3 is 2.78 bits per heavy atom. The summed E-state index contributed by atoms with van der Waals surface area (Å²) in [6.45, 7) is 3.47. The Bertz CT molecular complexity index is 470. The highest BCUT2D eigenvalue weighted by atomic mass is 16.5. The summed E-state index contributed by atoms with van der Waals surface area (Å²) in [5, 5.41) is 11.2. The summed E-state index contributed by atoms with van der Waals surface area (Å²) >= 11 is 0. The number of carboxylic acid groups (broad SMARTS) is 1. The van der Waals surface area contributed by atoms with Crippen molar-refractivity contribution in [3.8, 4) is 5.75 Å². The molecule has 2 N–H and O–H groups in total. The monoisotopic (exact) mass is 251 g/mol. The lowest BCUT2D eigenvalue weighted by molar-refractivity contribution is 0.0696. The summed E-state index contributed by atoms with van der Waals surface area (Å²) in [7, 11) is 1.41. The summed E-state index contributed by atoms with van der Waals surface area (Å²) in [6.07, 6.45) is 0.709. The van der Waals surface area contributed by atoms with Gasteiger partial charge in [-0.3, -0.25) is 5.32 Å². The number of carboxylic acids is 1. The Hall–Kier alpha value is -2.50. The van der Waals surface area contributed by atoms with E-state index in [1.54, 1.807) is 0 Å². The second kappa shape index (κ2) is 6.29. The summed E-state index contributed by atoms with van der Waals surface area (Å²) in [5.41, 5.74) is 0.265. The molecular formula is C12H13NO5. The van der Waals surface area contributed by atoms with Gasteiger partial charge in [-0.05, 0) is 18.2 Å². The maximum Gasteiger partial charge on any atom is 0.412 e.